The summed E-state index contributed by atoms with van der Waals surface area (Å²) in [4.78, 5) is 21.4. The van der Waals surface area contributed by atoms with Gasteiger partial charge >= 0.3 is 6.03 Å². The number of nitrogens with one attached hydrogen (secondary N) is 3. The van der Waals surface area contributed by atoms with Crippen molar-refractivity contribution in [3.63, 3.8) is 0 Å². The standard InChI is InChI=1S/C10H17N5O2/c1-8-6-9(14-15(8)2)13-10(17)12-5-3-4-11-7-16/h6-7H,3-5H2,1-2H3,(H,11,16)(H2,12,13,14,17). The molecule has 0 saturated heterocycles. The van der Waals surface area contributed by atoms with Gasteiger partial charge in [-0.3, -0.25) is 14.8 Å². The van der Waals surface area contributed by atoms with Gasteiger partial charge in [-0.05, 0) is 13.3 Å². The van der Waals surface area contributed by atoms with Crippen LogP contribution in [0.4, 0.5) is 10.6 Å². The Balaban J connectivity index is 2.23. The minimum Gasteiger partial charge on any atom is -0.359 e. The van der Waals surface area contributed by atoms with E-state index >= 15 is 0 Å². The van der Waals surface area contributed by atoms with Crippen molar-refractivity contribution in [2.45, 2.75) is 13.3 Å². The average Bonchev–Trinajstić information content (AvgIpc) is 2.57. The Hall–Kier alpha value is -2.05. The number of rotatable bonds is 6. The summed E-state index contributed by atoms with van der Waals surface area (Å²) in [6.07, 6.45) is 1.32. The lowest BCUT2D eigenvalue weighted by Crippen LogP contribution is -2.31. The van der Waals surface area contributed by atoms with E-state index in [1.807, 2.05) is 14.0 Å². The van der Waals surface area contributed by atoms with Gasteiger partial charge in [-0.15, -0.1) is 0 Å². The van der Waals surface area contributed by atoms with Gasteiger partial charge in [-0.25, -0.2) is 4.79 Å². The first-order valence-corrected chi connectivity index (χ1v) is 5.36. The summed E-state index contributed by atoms with van der Waals surface area (Å²) in [6.45, 7) is 2.95. The highest BCUT2D eigenvalue weighted by Gasteiger charge is 2.04. The molecule has 3 amide bonds. The molecule has 3 N–H and O–H groups in total. The van der Waals surface area contributed by atoms with Gasteiger partial charge in [0.05, 0.1) is 0 Å². The van der Waals surface area contributed by atoms with Crippen LogP contribution in [0.15, 0.2) is 6.07 Å². The van der Waals surface area contributed by atoms with Crippen molar-refractivity contribution in [2.75, 3.05) is 18.4 Å². The highest BCUT2D eigenvalue weighted by molar-refractivity contribution is 5.88. The maximum atomic E-state index is 11.4. The Morgan fingerprint density at radius 3 is 2.88 bits per heavy atom. The second-order valence-corrected chi connectivity index (χ2v) is 3.60. The molecule has 0 aliphatic heterocycles. The molecule has 94 valence electrons. The number of urea groups is 1. The van der Waals surface area contributed by atoms with Crippen LogP contribution in [0.3, 0.4) is 0 Å². The van der Waals surface area contributed by atoms with Crippen LogP contribution >= 0.6 is 0 Å². The van der Waals surface area contributed by atoms with Gasteiger partial charge in [0.15, 0.2) is 5.82 Å². The molecule has 0 bridgehead atoms. The zero-order chi connectivity index (χ0) is 12.7. The number of anilines is 1. The fraction of sp³-hybridized carbons (Fsp3) is 0.500. The van der Waals surface area contributed by atoms with Crippen molar-refractivity contribution in [1.82, 2.24) is 20.4 Å². The van der Waals surface area contributed by atoms with Gasteiger partial charge in [0.2, 0.25) is 6.41 Å². The minimum atomic E-state index is -0.297. The first-order valence-electron chi connectivity index (χ1n) is 5.36. The van der Waals surface area contributed by atoms with Gasteiger partial charge in [-0.2, -0.15) is 5.10 Å². The summed E-state index contributed by atoms with van der Waals surface area (Å²) in [6, 6.07) is 1.49. The third-order valence-corrected chi connectivity index (χ3v) is 2.22. The third kappa shape index (κ3) is 4.54. The smallest absolute Gasteiger partial charge is 0.320 e. The molecule has 1 aromatic rings. The van der Waals surface area contributed by atoms with Crippen LogP contribution in [-0.2, 0) is 11.8 Å². The lowest BCUT2D eigenvalue weighted by Gasteiger charge is -2.04. The number of hydrogen-bond acceptors (Lipinski definition) is 3. The maximum absolute atomic E-state index is 11.4. The Kier molecular flexibility index (Phi) is 4.99. The second-order valence-electron chi connectivity index (χ2n) is 3.60. The number of aryl methyl sites for hydroxylation is 2. The van der Waals surface area contributed by atoms with Gasteiger partial charge in [0.1, 0.15) is 0 Å². The Morgan fingerprint density at radius 1 is 1.53 bits per heavy atom. The molecule has 7 heteroatoms. The average molecular weight is 239 g/mol. The second kappa shape index (κ2) is 6.51. The van der Waals surface area contributed by atoms with E-state index in [1.54, 1.807) is 10.7 Å². The van der Waals surface area contributed by atoms with E-state index in [1.165, 1.54) is 0 Å². The summed E-state index contributed by atoms with van der Waals surface area (Å²) >= 11 is 0. The van der Waals surface area contributed by atoms with E-state index in [9.17, 15) is 9.59 Å². The van der Waals surface area contributed by atoms with E-state index in [0.717, 1.165) is 5.69 Å². The Labute approximate surface area is 99.6 Å². The number of carbonyl (C=O) groups excluding carboxylic acids is 2. The van der Waals surface area contributed by atoms with Crippen LogP contribution in [0, 0.1) is 6.92 Å². The fourth-order valence-corrected chi connectivity index (χ4v) is 1.23. The minimum absolute atomic E-state index is 0.297. The normalized spacial score (nSPS) is 9.76. The number of amides is 3. The number of carbonyl (C=O) groups is 2. The predicted molar refractivity (Wildman–Crippen MR) is 63.7 cm³/mol. The summed E-state index contributed by atoms with van der Waals surface area (Å²) in [7, 11) is 1.81. The van der Waals surface area contributed by atoms with Crippen molar-refractivity contribution in [1.29, 1.82) is 0 Å². The van der Waals surface area contributed by atoms with Crippen LogP contribution in [0.5, 0.6) is 0 Å². The molecule has 1 aromatic heterocycles. The summed E-state index contributed by atoms with van der Waals surface area (Å²) in [5.74, 6) is 0.522. The Bertz CT molecular complexity index is 369. The molecule has 0 fully saturated rings. The van der Waals surface area contributed by atoms with Gasteiger partial charge in [0.25, 0.3) is 0 Å². The van der Waals surface area contributed by atoms with E-state index < -0.39 is 0 Å². The first kappa shape index (κ1) is 13.0. The number of nitrogens with zero attached hydrogens (tertiary/aromatic N) is 2. The summed E-state index contributed by atoms with van der Waals surface area (Å²) in [5.41, 5.74) is 0.968. The molecular formula is C10H17N5O2. The molecule has 0 aliphatic rings. The highest BCUT2D eigenvalue weighted by Crippen LogP contribution is 2.05. The van der Waals surface area contributed by atoms with Crippen LogP contribution in [0.2, 0.25) is 0 Å². The van der Waals surface area contributed by atoms with Crippen molar-refractivity contribution in [2.24, 2.45) is 7.05 Å². The molecule has 0 aliphatic carbocycles. The van der Waals surface area contributed by atoms with Crippen molar-refractivity contribution >= 4 is 18.3 Å². The molecule has 0 radical (unpaired) electrons. The number of hydrogen-bond donors (Lipinski definition) is 3. The van der Waals surface area contributed by atoms with Gasteiger partial charge in [0, 0.05) is 31.9 Å². The van der Waals surface area contributed by atoms with Crippen LogP contribution in [0.25, 0.3) is 0 Å². The maximum Gasteiger partial charge on any atom is 0.320 e. The largest absolute Gasteiger partial charge is 0.359 e. The predicted octanol–water partition coefficient (Wildman–Crippen LogP) is -0.0139. The molecule has 0 unspecified atom stereocenters. The first-order chi connectivity index (χ1) is 8.13. The van der Waals surface area contributed by atoms with Gasteiger partial charge in [-0.1, -0.05) is 0 Å². The van der Waals surface area contributed by atoms with Crippen molar-refractivity contribution in [3.8, 4) is 0 Å². The molecule has 17 heavy (non-hydrogen) atoms. The monoisotopic (exact) mass is 239 g/mol. The molecule has 1 rings (SSSR count). The molecule has 0 aromatic carbocycles. The Morgan fingerprint density at radius 2 is 2.29 bits per heavy atom. The SMILES string of the molecule is Cc1cc(NC(=O)NCCCNC=O)nn1C. The molecular weight excluding hydrogens is 222 g/mol. The van der Waals surface area contributed by atoms with Crippen LogP contribution < -0.4 is 16.0 Å². The van der Waals surface area contributed by atoms with Crippen LogP contribution in [-0.4, -0.2) is 35.3 Å². The molecule has 1 heterocycles. The lowest BCUT2D eigenvalue weighted by atomic mass is 10.4. The highest BCUT2D eigenvalue weighted by atomic mass is 16.2. The van der Waals surface area contributed by atoms with E-state index in [-0.39, 0.29) is 6.03 Å². The molecule has 0 spiro atoms. The third-order valence-electron chi connectivity index (χ3n) is 2.22. The summed E-state index contributed by atoms with van der Waals surface area (Å²) < 4.78 is 1.68. The topological polar surface area (TPSA) is 88.1 Å². The molecule has 0 saturated carbocycles. The van der Waals surface area contributed by atoms with Crippen LogP contribution in [0.1, 0.15) is 12.1 Å². The molecule has 0 atom stereocenters. The zero-order valence-electron chi connectivity index (χ0n) is 9.99. The summed E-state index contributed by atoms with van der Waals surface area (Å²) in [5, 5.41) is 11.9. The van der Waals surface area contributed by atoms with E-state index in [2.05, 4.69) is 21.0 Å². The van der Waals surface area contributed by atoms with Crippen molar-refractivity contribution in [3.05, 3.63) is 11.8 Å². The molecule has 7 nitrogen and oxygen atoms in total. The van der Waals surface area contributed by atoms with Gasteiger partial charge < -0.3 is 10.6 Å². The van der Waals surface area contributed by atoms with E-state index in [4.69, 9.17) is 0 Å². The lowest BCUT2D eigenvalue weighted by molar-refractivity contribution is -0.109. The van der Waals surface area contributed by atoms with Crippen molar-refractivity contribution < 1.29 is 9.59 Å². The fourth-order valence-electron chi connectivity index (χ4n) is 1.23. The van der Waals surface area contributed by atoms with E-state index in [0.29, 0.717) is 31.7 Å². The quantitative estimate of drug-likeness (QED) is 0.482. The number of aromatic nitrogens is 2. The zero-order valence-corrected chi connectivity index (χ0v) is 9.99.